The maximum atomic E-state index is 15.2. The van der Waals surface area contributed by atoms with Crippen molar-refractivity contribution < 1.29 is 18.6 Å². The van der Waals surface area contributed by atoms with Crippen LogP contribution in [0.3, 0.4) is 0 Å². The minimum atomic E-state index is -0.352. The standard InChI is InChI=1S/C30H34FN3O3/c1-20-13-21-6-7-26(28(31)23(21)14-20)37-29-24-16-27(35-2)22(15-25(24)32-19-33-29)5-3-4-10-34-11-8-30(9-12-34)17-36-18-30/h6-7,14-16,19H,3-5,8-13,17-18H2,1-2H3. The first kappa shape index (κ1) is 24.3. The van der Waals surface area contributed by atoms with Crippen LogP contribution in [0.2, 0.25) is 0 Å². The highest BCUT2D eigenvalue weighted by Gasteiger charge is 2.40. The van der Waals surface area contributed by atoms with Gasteiger partial charge < -0.3 is 19.1 Å². The number of benzene rings is 2. The number of unbranched alkanes of at least 4 members (excludes halogenated alkanes) is 1. The maximum Gasteiger partial charge on any atom is 0.230 e. The van der Waals surface area contributed by atoms with Crippen molar-refractivity contribution in [3.05, 3.63) is 58.7 Å². The van der Waals surface area contributed by atoms with Crippen molar-refractivity contribution in [1.29, 1.82) is 0 Å². The average Bonchev–Trinajstić information content (AvgIpc) is 3.28. The Labute approximate surface area is 217 Å². The molecule has 3 heterocycles. The first-order valence-corrected chi connectivity index (χ1v) is 13.3. The number of rotatable bonds is 8. The summed E-state index contributed by atoms with van der Waals surface area (Å²) in [5.74, 6) is 0.924. The largest absolute Gasteiger partial charge is 0.496 e. The molecule has 2 aliphatic heterocycles. The number of aryl methyl sites for hydroxylation is 1. The first-order valence-electron chi connectivity index (χ1n) is 13.3. The number of methoxy groups -OCH3 is 1. The van der Waals surface area contributed by atoms with E-state index in [1.54, 1.807) is 13.2 Å². The molecule has 0 bridgehead atoms. The molecule has 3 aliphatic rings. The van der Waals surface area contributed by atoms with Gasteiger partial charge in [0.2, 0.25) is 5.88 Å². The van der Waals surface area contributed by atoms with E-state index in [2.05, 4.69) is 20.9 Å². The van der Waals surface area contributed by atoms with Gasteiger partial charge in [0.15, 0.2) is 11.6 Å². The van der Waals surface area contributed by atoms with Crippen molar-refractivity contribution in [2.75, 3.05) is 40.0 Å². The third-order valence-corrected chi connectivity index (χ3v) is 8.21. The summed E-state index contributed by atoms with van der Waals surface area (Å²) in [7, 11) is 1.68. The number of likely N-dealkylation sites (tertiary alicyclic amines) is 1. The van der Waals surface area contributed by atoms with Gasteiger partial charge in [-0.2, -0.15) is 0 Å². The van der Waals surface area contributed by atoms with Gasteiger partial charge in [0.25, 0.3) is 0 Å². The van der Waals surface area contributed by atoms with Gasteiger partial charge in [-0.05, 0) is 94.4 Å². The monoisotopic (exact) mass is 503 g/mol. The number of nitrogens with zero attached hydrogens (tertiary/aromatic N) is 3. The second-order valence-electron chi connectivity index (χ2n) is 10.9. The van der Waals surface area contributed by atoms with Crippen LogP contribution in [0.5, 0.6) is 17.4 Å². The van der Waals surface area contributed by atoms with Gasteiger partial charge in [-0.25, -0.2) is 14.4 Å². The minimum Gasteiger partial charge on any atom is -0.496 e. The molecule has 0 N–H and O–H groups in total. The maximum absolute atomic E-state index is 15.2. The summed E-state index contributed by atoms with van der Waals surface area (Å²) in [6, 6.07) is 7.57. The molecular formula is C30H34FN3O3. The molecule has 3 aromatic rings. The number of piperidine rings is 1. The molecule has 6 rings (SSSR count). The lowest BCUT2D eigenvalue weighted by molar-refractivity contribution is -0.139. The van der Waals surface area contributed by atoms with Gasteiger partial charge in [0.05, 0.1) is 31.2 Å². The number of hydrogen-bond donors (Lipinski definition) is 0. The predicted octanol–water partition coefficient (Wildman–Crippen LogP) is 5.96. The van der Waals surface area contributed by atoms with E-state index < -0.39 is 0 Å². The Hall–Kier alpha value is -3.03. The average molecular weight is 504 g/mol. The van der Waals surface area contributed by atoms with Crippen LogP contribution < -0.4 is 9.47 Å². The lowest BCUT2D eigenvalue weighted by Gasteiger charge is -2.47. The van der Waals surface area contributed by atoms with E-state index >= 15 is 4.39 Å². The van der Waals surface area contributed by atoms with Crippen molar-refractivity contribution in [3.63, 3.8) is 0 Å². The Morgan fingerprint density at radius 1 is 1.08 bits per heavy atom. The van der Waals surface area contributed by atoms with Crippen molar-refractivity contribution in [1.82, 2.24) is 14.9 Å². The summed E-state index contributed by atoms with van der Waals surface area (Å²) < 4.78 is 32.3. The summed E-state index contributed by atoms with van der Waals surface area (Å²) in [5, 5.41) is 0.706. The van der Waals surface area contributed by atoms with E-state index in [-0.39, 0.29) is 11.6 Å². The summed E-state index contributed by atoms with van der Waals surface area (Å²) in [6.07, 6.45) is 9.80. The van der Waals surface area contributed by atoms with E-state index in [4.69, 9.17) is 14.2 Å². The molecule has 6 nitrogen and oxygen atoms in total. The zero-order valence-electron chi connectivity index (χ0n) is 21.7. The minimum absolute atomic E-state index is 0.168. The van der Waals surface area contributed by atoms with Crippen LogP contribution in [0.15, 0.2) is 36.2 Å². The van der Waals surface area contributed by atoms with Crippen LogP contribution in [-0.4, -0.2) is 54.8 Å². The molecule has 37 heavy (non-hydrogen) atoms. The lowest BCUT2D eigenvalue weighted by atomic mass is 9.77. The highest BCUT2D eigenvalue weighted by atomic mass is 19.1. The van der Waals surface area contributed by atoms with Gasteiger partial charge in [-0.3, -0.25) is 0 Å². The summed E-state index contributed by atoms with van der Waals surface area (Å²) in [6.45, 7) is 7.42. The van der Waals surface area contributed by atoms with Gasteiger partial charge in [0.1, 0.15) is 12.1 Å². The Balaban J connectivity index is 1.13. The van der Waals surface area contributed by atoms with E-state index in [0.717, 1.165) is 73.4 Å². The zero-order chi connectivity index (χ0) is 25.4. The molecule has 1 aromatic heterocycles. The van der Waals surface area contributed by atoms with Gasteiger partial charge in [-0.1, -0.05) is 17.7 Å². The van der Waals surface area contributed by atoms with Crippen LogP contribution in [0.4, 0.5) is 4.39 Å². The number of allylic oxidation sites excluding steroid dienone is 1. The third kappa shape index (κ3) is 4.82. The number of fused-ring (bicyclic) bond motifs is 2. The molecular weight excluding hydrogens is 469 g/mol. The smallest absolute Gasteiger partial charge is 0.230 e. The quantitative estimate of drug-likeness (QED) is 0.353. The number of halogens is 1. The Kier molecular flexibility index (Phi) is 6.59. The first-order chi connectivity index (χ1) is 18.0. The number of ether oxygens (including phenoxy) is 3. The number of hydrogen-bond acceptors (Lipinski definition) is 6. The van der Waals surface area contributed by atoms with Gasteiger partial charge >= 0.3 is 0 Å². The SMILES string of the molecule is COc1cc2c(Oc3ccc4c(c3F)C=C(C)C4)ncnc2cc1CCCCN1CCC2(CC1)COC2. The fourth-order valence-corrected chi connectivity index (χ4v) is 5.85. The second-order valence-corrected chi connectivity index (χ2v) is 10.9. The molecule has 0 atom stereocenters. The van der Waals surface area contributed by atoms with E-state index in [1.807, 2.05) is 25.1 Å². The van der Waals surface area contributed by atoms with Gasteiger partial charge in [0, 0.05) is 11.0 Å². The van der Waals surface area contributed by atoms with Crippen molar-refractivity contribution in [2.45, 2.75) is 45.4 Å². The van der Waals surface area contributed by atoms with E-state index in [9.17, 15) is 0 Å². The molecule has 7 heteroatoms. The van der Waals surface area contributed by atoms with Crippen molar-refractivity contribution in [2.24, 2.45) is 5.41 Å². The van der Waals surface area contributed by atoms with E-state index in [1.165, 1.54) is 32.3 Å². The van der Waals surface area contributed by atoms with Crippen molar-refractivity contribution >= 4 is 17.0 Å². The molecule has 0 amide bonds. The molecule has 0 saturated carbocycles. The summed E-state index contributed by atoms with van der Waals surface area (Å²) in [4.78, 5) is 11.4. The Bertz CT molecular complexity index is 1340. The molecule has 2 fully saturated rings. The lowest BCUT2D eigenvalue weighted by Crippen LogP contribution is -2.50. The zero-order valence-corrected chi connectivity index (χ0v) is 21.7. The van der Waals surface area contributed by atoms with Crippen LogP contribution >= 0.6 is 0 Å². The third-order valence-electron chi connectivity index (χ3n) is 8.21. The molecule has 2 saturated heterocycles. The second kappa shape index (κ2) is 10.0. The highest BCUT2D eigenvalue weighted by molar-refractivity contribution is 5.86. The summed E-state index contributed by atoms with van der Waals surface area (Å²) >= 11 is 0. The predicted molar refractivity (Wildman–Crippen MR) is 142 cm³/mol. The Morgan fingerprint density at radius 3 is 2.68 bits per heavy atom. The molecule has 194 valence electrons. The normalized spacial score (nSPS) is 18.5. The fraction of sp³-hybridized carbons (Fsp3) is 0.467. The molecule has 1 spiro atoms. The topological polar surface area (TPSA) is 56.7 Å². The van der Waals surface area contributed by atoms with Crippen LogP contribution in [0, 0.1) is 11.2 Å². The van der Waals surface area contributed by atoms with Crippen LogP contribution in [0.1, 0.15) is 49.3 Å². The fourth-order valence-electron chi connectivity index (χ4n) is 5.85. The molecule has 1 aliphatic carbocycles. The molecule has 0 unspecified atom stereocenters. The highest BCUT2D eigenvalue weighted by Crippen LogP contribution is 2.39. The Morgan fingerprint density at radius 2 is 1.92 bits per heavy atom. The van der Waals surface area contributed by atoms with E-state index in [0.29, 0.717) is 22.2 Å². The van der Waals surface area contributed by atoms with Gasteiger partial charge in [-0.15, -0.1) is 0 Å². The molecule has 0 radical (unpaired) electrons. The summed E-state index contributed by atoms with van der Waals surface area (Å²) in [5.41, 5.74) is 5.11. The molecule has 2 aromatic carbocycles. The van der Waals surface area contributed by atoms with Crippen LogP contribution in [0.25, 0.3) is 17.0 Å². The van der Waals surface area contributed by atoms with Crippen molar-refractivity contribution in [3.8, 4) is 17.4 Å². The number of aromatic nitrogens is 2. The van der Waals surface area contributed by atoms with Crippen LogP contribution in [-0.2, 0) is 17.6 Å².